The summed E-state index contributed by atoms with van der Waals surface area (Å²) >= 11 is 0. The van der Waals surface area contributed by atoms with Gasteiger partial charge in [-0.05, 0) is 43.3 Å². The van der Waals surface area contributed by atoms with Crippen molar-refractivity contribution in [2.24, 2.45) is 0 Å². The average molecular weight is 393 g/mol. The van der Waals surface area contributed by atoms with Crippen LogP contribution >= 0.6 is 0 Å². The number of ether oxygens (including phenoxy) is 2. The van der Waals surface area contributed by atoms with E-state index in [0.29, 0.717) is 11.3 Å². The number of rotatable bonds is 6. The van der Waals surface area contributed by atoms with Crippen LogP contribution in [0.15, 0.2) is 54.6 Å². The van der Waals surface area contributed by atoms with Crippen LogP contribution in [0.2, 0.25) is 0 Å². The number of halogens is 3. The second-order valence-electron chi connectivity index (χ2n) is 5.72. The van der Waals surface area contributed by atoms with Gasteiger partial charge >= 0.3 is 12.1 Å². The molecule has 0 heterocycles. The highest BCUT2D eigenvalue weighted by atomic mass is 19.4. The maximum Gasteiger partial charge on any atom is 0.416 e. The quantitative estimate of drug-likeness (QED) is 0.587. The molecule has 0 bridgehead atoms. The van der Waals surface area contributed by atoms with Crippen molar-refractivity contribution in [1.29, 1.82) is 0 Å². The van der Waals surface area contributed by atoms with Crippen molar-refractivity contribution in [3.8, 4) is 5.75 Å². The first-order chi connectivity index (χ1) is 13.2. The van der Waals surface area contributed by atoms with Gasteiger partial charge in [0.25, 0.3) is 5.91 Å². The van der Waals surface area contributed by atoms with Crippen LogP contribution in [0.1, 0.15) is 18.1 Å². The van der Waals surface area contributed by atoms with Gasteiger partial charge in [-0.25, -0.2) is 4.79 Å². The van der Waals surface area contributed by atoms with E-state index in [1.54, 1.807) is 24.3 Å². The van der Waals surface area contributed by atoms with Crippen molar-refractivity contribution in [3.05, 3.63) is 65.7 Å². The molecule has 0 saturated carbocycles. The predicted octanol–water partition coefficient (Wildman–Crippen LogP) is 4.30. The lowest BCUT2D eigenvalue weighted by Gasteiger charge is -2.13. The third kappa shape index (κ3) is 5.87. The summed E-state index contributed by atoms with van der Waals surface area (Å²) in [6, 6.07) is 11.0. The normalized spacial score (nSPS) is 12.5. The van der Waals surface area contributed by atoms with E-state index < -0.39 is 29.7 Å². The van der Waals surface area contributed by atoms with Gasteiger partial charge in [-0.1, -0.05) is 18.2 Å². The number of esters is 1. The summed E-state index contributed by atoms with van der Waals surface area (Å²) < 4.78 is 47.8. The number of hydrogen-bond donors (Lipinski definition) is 1. The van der Waals surface area contributed by atoms with E-state index in [1.807, 2.05) is 0 Å². The van der Waals surface area contributed by atoms with Crippen LogP contribution < -0.4 is 10.1 Å². The molecule has 0 aliphatic rings. The molecule has 2 aromatic carbocycles. The molecular formula is C20H18F3NO4. The molecule has 1 amide bonds. The molecule has 0 spiro atoms. The summed E-state index contributed by atoms with van der Waals surface area (Å²) in [5, 5.41) is 2.39. The number of nitrogens with one attached hydrogen (secondary N) is 1. The van der Waals surface area contributed by atoms with Crippen molar-refractivity contribution < 1.29 is 32.2 Å². The number of alkyl halides is 3. The Morgan fingerprint density at radius 1 is 1.07 bits per heavy atom. The summed E-state index contributed by atoms with van der Waals surface area (Å²) in [7, 11) is 1.50. The molecular weight excluding hydrogens is 375 g/mol. The highest BCUT2D eigenvalue weighted by Gasteiger charge is 2.30. The van der Waals surface area contributed by atoms with Gasteiger partial charge < -0.3 is 14.8 Å². The van der Waals surface area contributed by atoms with Crippen LogP contribution in [0.4, 0.5) is 18.9 Å². The Morgan fingerprint density at radius 2 is 1.71 bits per heavy atom. The van der Waals surface area contributed by atoms with E-state index in [0.717, 1.165) is 30.3 Å². The number of para-hydroxylation sites is 1. The zero-order valence-corrected chi connectivity index (χ0v) is 15.1. The lowest BCUT2D eigenvalue weighted by atomic mass is 10.2. The molecule has 1 N–H and O–H groups in total. The minimum absolute atomic E-state index is 0.158. The van der Waals surface area contributed by atoms with Gasteiger partial charge in [0.05, 0.1) is 12.7 Å². The van der Waals surface area contributed by atoms with Gasteiger partial charge in [-0.15, -0.1) is 0 Å². The SMILES string of the molecule is COc1ccccc1/C=C/C(=O)O[C@@H](C)C(=O)Nc1ccc(C(F)(F)F)cc1. The summed E-state index contributed by atoms with van der Waals surface area (Å²) in [5.74, 6) is -0.848. The third-order valence-electron chi connectivity index (χ3n) is 3.68. The Kier molecular flexibility index (Phi) is 6.81. The van der Waals surface area contributed by atoms with E-state index in [9.17, 15) is 22.8 Å². The third-order valence-corrected chi connectivity index (χ3v) is 3.68. The molecule has 2 aromatic rings. The second kappa shape index (κ2) is 9.07. The van der Waals surface area contributed by atoms with E-state index >= 15 is 0 Å². The summed E-state index contributed by atoms with van der Waals surface area (Å²) in [5.41, 5.74) is -0.0132. The lowest BCUT2D eigenvalue weighted by Crippen LogP contribution is -2.29. The molecule has 0 aliphatic heterocycles. The Hall–Kier alpha value is -3.29. The first-order valence-electron chi connectivity index (χ1n) is 8.20. The number of benzene rings is 2. The minimum atomic E-state index is -4.46. The Balaban J connectivity index is 1.92. The largest absolute Gasteiger partial charge is 0.496 e. The van der Waals surface area contributed by atoms with Gasteiger partial charge in [0.2, 0.25) is 0 Å². The molecule has 0 fully saturated rings. The Morgan fingerprint density at radius 3 is 2.32 bits per heavy atom. The molecule has 0 radical (unpaired) electrons. The lowest BCUT2D eigenvalue weighted by molar-refractivity contribution is -0.148. The van der Waals surface area contributed by atoms with E-state index in [2.05, 4.69) is 5.32 Å². The number of anilines is 1. The van der Waals surface area contributed by atoms with Gasteiger partial charge in [-0.2, -0.15) is 13.2 Å². The molecule has 0 aliphatic carbocycles. The number of carbonyl (C=O) groups is 2. The predicted molar refractivity (Wildman–Crippen MR) is 97.7 cm³/mol. The standard InChI is InChI=1S/C20H18F3NO4/c1-13(19(26)24-16-10-8-15(9-11-16)20(21,22)23)28-18(25)12-7-14-5-3-4-6-17(14)27-2/h3-13H,1-2H3,(H,24,26)/b12-7+/t13-/m0/s1. The molecule has 1 atom stereocenters. The van der Waals surface area contributed by atoms with Crippen LogP contribution in [-0.4, -0.2) is 25.1 Å². The molecule has 8 heteroatoms. The van der Waals surface area contributed by atoms with Crippen molar-refractivity contribution in [2.75, 3.05) is 12.4 Å². The van der Waals surface area contributed by atoms with Gasteiger partial charge in [0.1, 0.15) is 5.75 Å². The highest BCUT2D eigenvalue weighted by Crippen LogP contribution is 2.29. The van der Waals surface area contributed by atoms with Crippen molar-refractivity contribution in [3.63, 3.8) is 0 Å². The summed E-state index contributed by atoms with van der Waals surface area (Å²) in [6.45, 7) is 1.36. The zero-order chi connectivity index (χ0) is 20.7. The van der Waals surface area contributed by atoms with E-state index in [-0.39, 0.29) is 5.69 Å². The zero-order valence-electron chi connectivity index (χ0n) is 15.1. The number of hydrogen-bond acceptors (Lipinski definition) is 4. The van der Waals surface area contributed by atoms with E-state index in [1.165, 1.54) is 20.1 Å². The number of carbonyl (C=O) groups excluding carboxylic acids is 2. The van der Waals surface area contributed by atoms with Gasteiger partial charge in [0.15, 0.2) is 6.10 Å². The first-order valence-corrected chi connectivity index (χ1v) is 8.20. The van der Waals surface area contributed by atoms with Crippen LogP contribution in [0.5, 0.6) is 5.75 Å². The monoisotopic (exact) mass is 393 g/mol. The average Bonchev–Trinajstić information content (AvgIpc) is 2.66. The number of methoxy groups -OCH3 is 1. The fraction of sp³-hybridized carbons (Fsp3) is 0.200. The molecule has 2 rings (SSSR count). The first kappa shape index (κ1) is 21.0. The molecule has 148 valence electrons. The number of amides is 1. The minimum Gasteiger partial charge on any atom is -0.496 e. The van der Waals surface area contributed by atoms with Crippen LogP contribution in [-0.2, 0) is 20.5 Å². The van der Waals surface area contributed by atoms with Crippen LogP contribution in [0, 0.1) is 0 Å². The van der Waals surface area contributed by atoms with Crippen LogP contribution in [0.25, 0.3) is 6.08 Å². The molecule has 0 aromatic heterocycles. The fourth-order valence-electron chi connectivity index (χ4n) is 2.22. The maximum atomic E-state index is 12.5. The topological polar surface area (TPSA) is 64.6 Å². The molecule has 28 heavy (non-hydrogen) atoms. The molecule has 5 nitrogen and oxygen atoms in total. The Labute approximate surface area is 159 Å². The van der Waals surface area contributed by atoms with Crippen molar-refractivity contribution in [1.82, 2.24) is 0 Å². The Bertz CT molecular complexity index is 860. The van der Waals surface area contributed by atoms with Crippen molar-refractivity contribution in [2.45, 2.75) is 19.2 Å². The summed E-state index contributed by atoms with van der Waals surface area (Å²) in [4.78, 5) is 23.9. The van der Waals surface area contributed by atoms with E-state index in [4.69, 9.17) is 9.47 Å². The smallest absolute Gasteiger partial charge is 0.416 e. The maximum absolute atomic E-state index is 12.5. The van der Waals surface area contributed by atoms with Gasteiger partial charge in [-0.3, -0.25) is 4.79 Å². The second-order valence-corrected chi connectivity index (χ2v) is 5.72. The van der Waals surface area contributed by atoms with Gasteiger partial charge in [0, 0.05) is 17.3 Å². The van der Waals surface area contributed by atoms with Crippen molar-refractivity contribution >= 4 is 23.6 Å². The highest BCUT2D eigenvalue weighted by molar-refractivity contribution is 5.96. The fourth-order valence-corrected chi connectivity index (χ4v) is 2.22. The molecule has 0 unspecified atom stereocenters. The summed E-state index contributed by atoms with van der Waals surface area (Å²) in [6.07, 6.45) is -2.96. The molecule has 0 saturated heterocycles. The van der Waals surface area contributed by atoms with Crippen LogP contribution in [0.3, 0.4) is 0 Å².